The smallest absolute Gasteiger partial charge is 0.218 e. The first-order valence-corrected chi connectivity index (χ1v) is 18.1. The minimum atomic E-state index is -1.23. The van der Waals surface area contributed by atoms with E-state index < -0.39 is 14.0 Å². The Balaban J connectivity index is 0.000000188. The minimum absolute atomic E-state index is 0. The third kappa shape index (κ3) is 7.18. The number of benzene rings is 2. The van der Waals surface area contributed by atoms with Crippen LogP contribution in [0, 0.1) is 24.0 Å². The zero-order chi connectivity index (χ0) is 29.1. The fourth-order valence-electron chi connectivity index (χ4n) is 5.63. The molecule has 1 radical (unpaired) electrons. The van der Waals surface area contributed by atoms with Crippen molar-refractivity contribution in [3.63, 3.8) is 0 Å². The third-order valence-electron chi connectivity index (χ3n) is 7.96. The van der Waals surface area contributed by atoms with Gasteiger partial charge in [0.1, 0.15) is 0 Å². The van der Waals surface area contributed by atoms with Crippen LogP contribution in [0.3, 0.4) is 0 Å². The van der Waals surface area contributed by atoms with E-state index in [4.69, 9.17) is 4.42 Å². The van der Waals surface area contributed by atoms with E-state index in [9.17, 15) is 4.39 Å². The summed E-state index contributed by atoms with van der Waals surface area (Å²) in [6, 6.07) is 29.8. The number of furan rings is 1. The number of pyridine rings is 3. The van der Waals surface area contributed by atoms with Crippen LogP contribution < -0.4 is 5.19 Å². The van der Waals surface area contributed by atoms with Gasteiger partial charge in [-0.1, -0.05) is 80.0 Å². The maximum absolute atomic E-state index is 13.4. The molecular weight excluding hydrogens is 730 g/mol. The van der Waals surface area contributed by atoms with E-state index in [1.54, 1.807) is 6.07 Å². The van der Waals surface area contributed by atoms with Crippen LogP contribution in [0.4, 0.5) is 4.39 Å². The van der Waals surface area contributed by atoms with Crippen molar-refractivity contribution in [3.8, 4) is 22.5 Å². The average Bonchev–Trinajstić information content (AvgIpc) is 3.65. The molecule has 0 unspecified atom stereocenters. The molecule has 0 amide bonds. The molecule has 43 heavy (non-hydrogen) atoms. The Kier molecular flexibility index (Phi) is 9.65. The van der Waals surface area contributed by atoms with Crippen LogP contribution in [0.5, 0.6) is 0 Å². The van der Waals surface area contributed by atoms with Crippen molar-refractivity contribution >= 4 is 35.3 Å². The average molecular weight is 764 g/mol. The van der Waals surface area contributed by atoms with Gasteiger partial charge in [-0.2, -0.15) is 9.37 Å². The van der Waals surface area contributed by atoms with Gasteiger partial charge in [0.2, 0.25) is 11.7 Å². The normalized spacial score (nSPS) is 13.5. The summed E-state index contributed by atoms with van der Waals surface area (Å²) >= 11 is 0. The molecular formula is C36H34FIrN3OSi-2. The molecule has 0 atom stereocenters. The summed E-state index contributed by atoms with van der Waals surface area (Å²) in [7, 11) is -1.23. The zero-order valence-corrected chi connectivity index (χ0v) is 28.1. The molecule has 1 saturated carbocycles. The Hall–Kier alpha value is -3.51. The van der Waals surface area contributed by atoms with Crippen LogP contribution in [0.25, 0.3) is 44.6 Å². The second-order valence-corrected chi connectivity index (χ2v) is 17.1. The van der Waals surface area contributed by atoms with Crippen molar-refractivity contribution < 1.29 is 28.9 Å². The van der Waals surface area contributed by atoms with Crippen LogP contribution >= 0.6 is 0 Å². The number of fused-ring (bicyclic) bond motifs is 3. The van der Waals surface area contributed by atoms with Gasteiger partial charge in [-0.25, -0.2) is 0 Å². The maximum atomic E-state index is 13.4. The molecule has 0 bridgehead atoms. The molecule has 2 aromatic carbocycles. The summed E-state index contributed by atoms with van der Waals surface area (Å²) in [6.07, 6.45) is 10.3. The van der Waals surface area contributed by atoms with E-state index in [1.165, 1.54) is 42.5 Å². The van der Waals surface area contributed by atoms with Crippen LogP contribution in [0.15, 0.2) is 89.6 Å². The van der Waals surface area contributed by atoms with Gasteiger partial charge in [-0.05, 0) is 47.1 Å². The summed E-state index contributed by atoms with van der Waals surface area (Å²) in [5, 5.41) is 3.11. The van der Waals surface area contributed by atoms with Crippen LogP contribution in [0.2, 0.25) is 19.6 Å². The molecule has 4 nitrogen and oxygen atoms in total. The van der Waals surface area contributed by atoms with Crippen molar-refractivity contribution in [1.82, 2.24) is 15.0 Å². The quantitative estimate of drug-likeness (QED) is 0.100. The maximum Gasteiger partial charge on any atom is 0.218 e. The Morgan fingerprint density at radius 1 is 0.884 bits per heavy atom. The molecule has 1 aliphatic carbocycles. The number of nitrogens with zero attached hydrogens (tertiary/aromatic N) is 3. The third-order valence-corrected chi connectivity index (χ3v) is 9.99. The van der Waals surface area contributed by atoms with Gasteiger partial charge in [0.05, 0.1) is 13.7 Å². The number of aromatic nitrogens is 3. The van der Waals surface area contributed by atoms with Crippen molar-refractivity contribution in [2.75, 3.05) is 0 Å². The van der Waals surface area contributed by atoms with E-state index in [2.05, 4.69) is 71.0 Å². The Morgan fingerprint density at radius 3 is 2.44 bits per heavy atom. The van der Waals surface area contributed by atoms with E-state index in [1.807, 2.05) is 48.8 Å². The molecule has 7 heteroatoms. The topological polar surface area (TPSA) is 51.8 Å². The van der Waals surface area contributed by atoms with Gasteiger partial charge in [0.25, 0.3) is 0 Å². The number of halogens is 1. The second kappa shape index (κ2) is 13.4. The fraction of sp³-hybridized carbons (Fsp3) is 0.250. The van der Waals surface area contributed by atoms with Crippen LogP contribution in [-0.2, 0) is 26.5 Å². The standard InChI is InChI=1S/C22H18FN2O.C14H16NSi.Ir/c23-20-9-8-17-16-6-3-7-18(21(16)26-22(17)25-20)19-13-15(10-11-24-19)12-14-4-1-2-5-14;1-16(2,3)13-9-10-14(15-11-13)12-7-5-4-6-8-12;/h3,6,8-11,13-14H,1-2,4-5,12H2;4-7,9-11H,1-3H3;/q2*-1;. The Morgan fingerprint density at radius 2 is 1.72 bits per heavy atom. The molecule has 0 spiro atoms. The SMILES string of the molecule is C[Si](C)(C)c1ccc(-c2[c-]cccc2)nc1.Fc1ccc2c(n1)oc1c(-c3cc(CC4CCCC4)ccn3)[c-]ccc12.[Ir]. The van der Waals surface area contributed by atoms with Gasteiger partial charge >= 0.3 is 0 Å². The molecule has 7 rings (SSSR count). The van der Waals surface area contributed by atoms with E-state index in [0.717, 1.165) is 45.6 Å². The Bertz CT molecular complexity index is 1810. The number of rotatable bonds is 5. The van der Waals surface area contributed by atoms with Gasteiger partial charge < -0.3 is 14.4 Å². The van der Waals surface area contributed by atoms with Gasteiger partial charge in [0, 0.05) is 37.9 Å². The molecule has 1 aliphatic rings. The van der Waals surface area contributed by atoms with Crippen molar-refractivity contribution in [1.29, 1.82) is 0 Å². The molecule has 1 fully saturated rings. The first kappa shape index (κ1) is 30.9. The summed E-state index contributed by atoms with van der Waals surface area (Å²) in [5.74, 6) is 0.238. The first-order valence-electron chi connectivity index (χ1n) is 14.6. The summed E-state index contributed by atoms with van der Waals surface area (Å²) in [5.41, 5.74) is 5.97. The van der Waals surface area contributed by atoms with Gasteiger partial charge in [0.15, 0.2) is 0 Å². The van der Waals surface area contributed by atoms with Gasteiger partial charge in [-0.15, -0.1) is 54.1 Å². The summed E-state index contributed by atoms with van der Waals surface area (Å²) < 4.78 is 19.3. The summed E-state index contributed by atoms with van der Waals surface area (Å²) in [6.45, 7) is 7.00. The largest absolute Gasteiger partial charge is 0.486 e. The molecule has 0 N–H and O–H groups in total. The van der Waals surface area contributed by atoms with Gasteiger partial charge in [-0.3, -0.25) is 0 Å². The Labute approximate surface area is 267 Å². The second-order valence-electron chi connectivity index (χ2n) is 12.0. The monoisotopic (exact) mass is 764 g/mol. The van der Waals surface area contributed by atoms with E-state index >= 15 is 0 Å². The van der Waals surface area contributed by atoms with Crippen LogP contribution in [0.1, 0.15) is 31.2 Å². The molecule has 0 aliphatic heterocycles. The fourth-order valence-corrected chi connectivity index (χ4v) is 6.66. The predicted octanol–water partition coefficient (Wildman–Crippen LogP) is 8.81. The van der Waals surface area contributed by atoms with Crippen molar-refractivity contribution in [2.24, 2.45) is 5.92 Å². The predicted molar refractivity (Wildman–Crippen MR) is 171 cm³/mol. The minimum Gasteiger partial charge on any atom is -0.486 e. The summed E-state index contributed by atoms with van der Waals surface area (Å²) in [4.78, 5) is 12.9. The number of hydrogen-bond acceptors (Lipinski definition) is 4. The molecule has 4 aromatic heterocycles. The van der Waals surface area contributed by atoms with Crippen LogP contribution in [-0.4, -0.2) is 23.0 Å². The van der Waals surface area contributed by atoms with Crippen molar-refractivity contribution in [3.05, 3.63) is 109 Å². The molecule has 6 aromatic rings. The number of hydrogen-bond donors (Lipinski definition) is 0. The molecule has 0 saturated heterocycles. The first-order chi connectivity index (χ1) is 20.3. The zero-order valence-electron chi connectivity index (χ0n) is 24.7. The van der Waals surface area contributed by atoms with E-state index in [0.29, 0.717) is 11.3 Å². The van der Waals surface area contributed by atoms with E-state index in [-0.39, 0.29) is 20.1 Å². The molecule has 221 valence electrons. The van der Waals surface area contributed by atoms with Crippen molar-refractivity contribution in [2.45, 2.75) is 51.7 Å². The molecule has 4 heterocycles.